The molecule has 1 atom stereocenters. The number of Topliss-reactive ketones (excluding diaryl/α,β-unsaturated/α-hetero) is 1. The molecule has 16 heavy (non-hydrogen) atoms. The molecule has 0 radical (unpaired) electrons. The molecule has 3 amide bonds. The van der Waals surface area contributed by atoms with Gasteiger partial charge in [0.1, 0.15) is 6.04 Å². The highest BCUT2D eigenvalue weighted by Crippen LogP contribution is 2.02. The monoisotopic (exact) mass is 228 g/mol. The quantitative estimate of drug-likeness (QED) is 0.701. The van der Waals surface area contributed by atoms with Crippen molar-refractivity contribution < 1.29 is 19.2 Å². The van der Waals surface area contributed by atoms with E-state index < -0.39 is 17.9 Å². The molecule has 6 nitrogen and oxygen atoms in total. The Morgan fingerprint density at radius 3 is 1.69 bits per heavy atom. The van der Waals surface area contributed by atoms with Crippen LogP contribution in [0.5, 0.6) is 0 Å². The van der Waals surface area contributed by atoms with Crippen LogP contribution < -0.4 is 5.32 Å². The van der Waals surface area contributed by atoms with Gasteiger partial charge in [-0.3, -0.25) is 24.1 Å². The highest BCUT2D eigenvalue weighted by atomic mass is 16.2. The van der Waals surface area contributed by atoms with Crippen molar-refractivity contribution >= 4 is 23.5 Å². The van der Waals surface area contributed by atoms with E-state index in [-0.39, 0.29) is 18.2 Å². The lowest BCUT2D eigenvalue weighted by atomic mass is 10.1. The molecule has 0 aromatic carbocycles. The number of nitrogens with zero attached hydrogens (tertiary/aromatic N) is 1. The van der Waals surface area contributed by atoms with Gasteiger partial charge >= 0.3 is 0 Å². The normalized spacial score (nSPS) is 11.5. The van der Waals surface area contributed by atoms with Crippen LogP contribution >= 0.6 is 0 Å². The van der Waals surface area contributed by atoms with Gasteiger partial charge < -0.3 is 5.32 Å². The molecule has 0 heterocycles. The number of imide groups is 1. The summed E-state index contributed by atoms with van der Waals surface area (Å²) >= 11 is 0. The Morgan fingerprint density at radius 2 is 1.44 bits per heavy atom. The number of nitrogens with one attached hydrogen (secondary N) is 1. The van der Waals surface area contributed by atoms with Crippen LogP contribution in [0.4, 0.5) is 0 Å². The predicted octanol–water partition coefficient (Wildman–Crippen LogP) is -0.525. The number of amides is 3. The molecule has 1 unspecified atom stereocenters. The molecule has 0 aliphatic heterocycles. The zero-order valence-corrected chi connectivity index (χ0v) is 9.86. The summed E-state index contributed by atoms with van der Waals surface area (Å²) < 4.78 is 0. The lowest BCUT2D eigenvalue weighted by Crippen LogP contribution is -2.51. The maximum absolute atomic E-state index is 11.3. The van der Waals surface area contributed by atoms with Crippen molar-refractivity contribution in [1.82, 2.24) is 10.2 Å². The van der Waals surface area contributed by atoms with Gasteiger partial charge in [-0.15, -0.1) is 0 Å². The number of hydrogen-bond acceptors (Lipinski definition) is 4. The van der Waals surface area contributed by atoms with Crippen molar-refractivity contribution in [1.29, 1.82) is 0 Å². The van der Waals surface area contributed by atoms with Gasteiger partial charge in [0, 0.05) is 27.3 Å². The van der Waals surface area contributed by atoms with Gasteiger partial charge in [-0.25, -0.2) is 0 Å². The van der Waals surface area contributed by atoms with Crippen molar-refractivity contribution in [3.63, 3.8) is 0 Å². The summed E-state index contributed by atoms with van der Waals surface area (Å²) in [7, 11) is 0. The van der Waals surface area contributed by atoms with E-state index in [2.05, 4.69) is 5.32 Å². The van der Waals surface area contributed by atoms with Crippen LogP contribution in [-0.2, 0) is 19.2 Å². The van der Waals surface area contributed by atoms with Gasteiger partial charge in [0.25, 0.3) is 0 Å². The van der Waals surface area contributed by atoms with Crippen LogP contribution in [0.25, 0.3) is 0 Å². The first kappa shape index (κ1) is 14.3. The second-order valence-electron chi connectivity index (χ2n) is 3.47. The predicted molar refractivity (Wildman–Crippen MR) is 56.4 cm³/mol. The van der Waals surface area contributed by atoms with Gasteiger partial charge in [0.15, 0.2) is 5.78 Å². The van der Waals surface area contributed by atoms with E-state index in [1.165, 1.54) is 27.7 Å². The van der Waals surface area contributed by atoms with E-state index in [1.807, 2.05) is 0 Å². The molecule has 0 saturated heterocycles. The van der Waals surface area contributed by atoms with E-state index >= 15 is 0 Å². The Labute approximate surface area is 94.0 Å². The molecule has 0 fully saturated rings. The van der Waals surface area contributed by atoms with Crippen LogP contribution in [0, 0.1) is 0 Å². The summed E-state index contributed by atoms with van der Waals surface area (Å²) in [5.41, 5.74) is 0. The zero-order valence-electron chi connectivity index (χ0n) is 9.86. The number of rotatable bonds is 4. The summed E-state index contributed by atoms with van der Waals surface area (Å²) in [5.74, 6) is -1.70. The van der Waals surface area contributed by atoms with Crippen LogP contribution in [0.1, 0.15) is 27.7 Å². The zero-order chi connectivity index (χ0) is 12.9. The molecule has 0 rings (SSSR count). The van der Waals surface area contributed by atoms with Crippen LogP contribution in [-0.4, -0.2) is 41.0 Å². The fourth-order valence-corrected chi connectivity index (χ4v) is 1.32. The summed E-state index contributed by atoms with van der Waals surface area (Å²) in [6, 6.07) is -0.932. The summed E-state index contributed by atoms with van der Waals surface area (Å²) in [4.78, 5) is 45.3. The molecule has 6 heteroatoms. The first-order valence-corrected chi connectivity index (χ1v) is 4.82. The van der Waals surface area contributed by atoms with Crippen molar-refractivity contribution in [2.75, 3.05) is 6.54 Å². The van der Waals surface area contributed by atoms with E-state index in [1.54, 1.807) is 0 Å². The second-order valence-corrected chi connectivity index (χ2v) is 3.47. The Kier molecular flexibility index (Phi) is 5.35. The highest BCUT2D eigenvalue weighted by molar-refractivity contribution is 5.99. The van der Waals surface area contributed by atoms with E-state index in [0.717, 1.165) is 4.90 Å². The van der Waals surface area contributed by atoms with Crippen molar-refractivity contribution in [3.8, 4) is 0 Å². The molecular weight excluding hydrogens is 212 g/mol. The summed E-state index contributed by atoms with van der Waals surface area (Å²) in [6.45, 7) is 4.91. The topological polar surface area (TPSA) is 83.6 Å². The van der Waals surface area contributed by atoms with Crippen molar-refractivity contribution in [2.45, 2.75) is 33.7 Å². The van der Waals surface area contributed by atoms with Crippen LogP contribution in [0.2, 0.25) is 0 Å². The Morgan fingerprint density at radius 1 is 1.00 bits per heavy atom. The van der Waals surface area contributed by atoms with E-state index in [4.69, 9.17) is 0 Å². The third kappa shape index (κ3) is 4.20. The molecule has 1 N–H and O–H groups in total. The minimum Gasteiger partial charge on any atom is -0.354 e. The number of carbonyl (C=O) groups is 4. The molecule has 0 saturated carbocycles. The molecule has 0 spiro atoms. The van der Waals surface area contributed by atoms with E-state index in [9.17, 15) is 19.2 Å². The molecule has 0 aromatic rings. The first-order valence-electron chi connectivity index (χ1n) is 4.82. The molecule has 0 aliphatic carbocycles. The maximum atomic E-state index is 11.3. The lowest BCUT2D eigenvalue weighted by molar-refractivity contribution is -0.149. The fourth-order valence-electron chi connectivity index (χ4n) is 1.32. The van der Waals surface area contributed by atoms with Gasteiger partial charge in [-0.1, -0.05) is 0 Å². The first-order chi connectivity index (χ1) is 7.27. The highest BCUT2D eigenvalue weighted by Gasteiger charge is 2.28. The second kappa shape index (κ2) is 5.99. The average molecular weight is 228 g/mol. The third-order valence-corrected chi connectivity index (χ3v) is 2.00. The molecule has 0 aliphatic rings. The van der Waals surface area contributed by atoms with Crippen molar-refractivity contribution in [3.05, 3.63) is 0 Å². The Bertz CT molecular complexity index is 311. The molecule has 0 bridgehead atoms. The minimum atomic E-state index is -0.932. The lowest BCUT2D eigenvalue weighted by Gasteiger charge is -2.26. The van der Waals surface area contributed by atoms with Crippen LogP contribution in [0.3, 0.4) is 0 Å². The average Bonchev–Trinajstić information content (AvgIpc) is 2.09. The fraction of sp³-hybridized carbons (Fsp3) is 0.600. The SMILES string of the molecule is CC(=O)NCC(C(C)=O)N(C(C)=O)C(C)=O. The Hall–Kier alpha value is -1.72. The number of hydrogen-bond donors (Lipinski definition) is 1. The van der Waals surface area contributed by atoms with Gasteiger partial charge in [-0.2, -0.15) is 0 Å². The minimum absolute atomic E-state index is 0.0518. The van der Waals surface area contributed by atoms with Crippen molar-refractivity contribution in [2.24, 2.45) is 0 Å². The molecule has 0 aromatic heterocycles. The maximum Gasteiger partial charge on any atom is 0.226 e. The van der Waals surface area contributed by atoms with E-state index in [0.29, 0.717) is 0 Å². The summed E-state index contributed by atoms with van der Waals surface area (Å²) in [6.07, 6.45) is 0. The van der Waals surface area contributed by atoms with Gasteiger partial charge in [0.05, 0.1) is 0 Å². The molecular formula is C10H16N2O4. The smallest absolute Gasteiger partial charge is 0.226 e. The Balaban J connectivity index is 4.86. The van der Waals surface area contributed by atoms with Gasteiger partial charge in [-0.05, 0) is 6.92 Å². The van der Waals surface area contributed by atoms with Gasteiger partial charge in [0.2, 0.25) is 17.7 Å². The largest absolute Gasteiger partial charge is 0.354 e. The summed E-state index contributed by atoms with van der Waals surface area (Å²) in [5, 5.41) is 2.41. The van der Waals surface area contributed by atoms with Crippen LogP contribution in [0.15, 0.2) is 0 Å². The molecule has 90 valence electrons. The number of ketones is 1. The standard InChI is InChI=1S/C10H16N2O4/c1-6(13)10(5-11-7(2)14)12(8(3)15)9(4)16/h10H,5H2,1-4H3,(H,11,14). The number of carbonyl (C=O) groups excluding carboxylic acids is 4. The third-order valence-electron chi connectivity index (χ3n) is 2.00.